The number of hydrogen-bond donors (Lipinski definition) is 2. The van der Waals surface area contributed by atoms with Gasteiger partial charge in [-0.2, -0.15) is 0 Å². The number of benzene rings is 7. The van der Waals surface area contributed by atoms with Crippen LogP contribution >= 0.6 is 0 Å². The molecule has 6 heteroatoms. The number of nitrogens with zero attached hydrogens (tertiary/aromatic N) is 1. The fourth-order valence-corrected chi connectivity index (χ4v) is 7.87. The average Bonchev–Trinajstić information content (AvgIpc) is 3.89. The lowest BCUT2D eigenvalue weighted by molar-refractivity contribution is 0.411. The van der Waals surface area contributed by atoms with Gasteiger partial charge in [-0.3, -0.25) is 5.32 Å². The molecule has 0 aliphatic carbocycles. The summed E-state index contributed by atoms with van der Waals surface area (Å²) in [6, 6.07) is 52.0. The highest BCUT2D eigenvalue weighted by Gasteiger charge is 2.28. The van der Waals surface area contributed by atoms with E-state index in [2.05, 4.69) is 108 Å². The van der Waals surface area contributed by atoms with Crippen LogP contribution in [0.4, 0.5) is 0 Å². The van der Waals surface area contributed by atoms with E-state index in [0.717, 1.165) is 99.5 Å². The molecule has 0 spiro atoms. The number of nitrogens with one attached hydrogen (secondary N) is 2. The summed E-state index contributed by atoms with van der Waals surface area (Å²) in [6.45, 7) is 0. The molecule has 2 N–H and O–H groups in total. The Morgan fingerprint density at radius 2 is 1.12 bits per heavy atom. The summed E-state index contributed by atoms with van der Waals surface area (Å²) in [5.41, 5.74) is 10.4. The van der Waals surface area contributed by atoms with Gasteiger partial charge in [0.05, 0.1) is 0 Å². The number of rotatable bonds is 4. The normalized spacial score (nSPS) is 16.4. The molecule has 0 radical (unpaired) electrons. The second kappa shape index (κ2) is 10.9. The lowest BCUT2D eigenvalue weighted by Crippen LogP contribution is -2.45. The Morgan fingerprint density at radius 1 is 0.471 bits per heavy atom. The lowest BCUT2D eigenvalue weighted by Gasteiger charge is -2.32. The number of fused-ring (bicyclic) bond motifs is 9. The Labute approximate surface area is 291 Å². The molecule has 6 nitrogen and oxygen atoms in total. The van der Waals surface area contributed by atoms with Gasteiger partial charge in [-0.1, -0.05) is 121 Å². The summed E-state index contributed by atoms with van der Waals surface area (Å²) in [6.07, 6.45) is -0.587. The minimum atomic E-state index is -0.346. The van der Waals surface area contributed by atoms with Crippen LogP contribution in [0.3, 0.4) is 0 Å². The quantitative estimate of drug-likeness (QED) is 0.197. The maximum atomic E-state index is 6.60. The minimum absolute atomic E-state index is 0.241. The minimum Gasteiger partial charge on any atom is -0.456 e. The monoisotopic (exact) mass is 659 g/mol. The highest BCUT2D eigenvalue weighted by molar-refractivity contribution is 6.17. The van der Waals surface area contributed by atoms with Crippen LogP contribution in [-0.4, -0.2) is 5.84 Å². The van der Waals surface area contributed by atoms with E-state index in [1.165, 1.54) is 0 Å². The molecule has 11 rings (SSSR count). The van der Waals surface area contributed by atoms with E-state index >= 15 is 0 Å². The zero-order valence-corrected chi connectivity index (χ0v) is 27.3. The average molecular weight is 660 g/mol. The molecular weight excluding hydrogens is 631 g/mol. The summed E-state index contributed by atoms with van der Waals surface area (Å²) in [5, 5.41) is 14.0. The first kappa shape index (κ1) is 28.2. The van der Waals surface area contributed by atoms with Crippen LogP contribution in [0.2, 0.25) is 0 Å². The third-order valence-electron chi connectivity index (χ3n) is 10.2. The van der Waals surface area contributed by atoms with Gasteiger partial charge in [-0.05, 0) is 41.5 Å². The van der Waals surface area contributed by atoms with E-state index in [1.54, 1.807) is 0 Å². The van der Waals surface area contributed by atoms with E-state index in [1.807, 2.05) is 54.6 Å². The molecule has 4 heterocycles. The van der Waals surface area contributed by atoms with Crippen LogP contribution in [0, 0.1) is 0 Å². The van der Waals surface area contributed by atoms with Crippen molar-refractivity contribution in [3.05, 3.63) is 168 Å². The highest BCUT2D eigenvalue weighted by Crippen LogP contribution is 2.42. The molecule has 0 saturated carbocycles. The van der Waals surface area contributed by atoms with E-state index in [9.17, 15) is 0 Å². The Bertz CT molecular complexity index is 3000. The Kier molecular flexibility index (Phi) is 6.05. The molecule has 1 aliphatic heterocycles. The van der Waals surface area contributed by atoms with Crippen molar-refractivity contribution in [1.29, 1.82) is 0 Å². The smallest absolute Gasteiger partial charge is 0.143 e. The topological polar surface area (TPSA) is 75.8 Å². The summed E-state index contributed by atoms with van der Waals surface area (Å²) < 4.78 is 19.3. The summed E-state index contributed by atoms with van der Waals surface area (Å²) in [4.78, 5) is 5.23. The van der Waals surface area contributed by atoms with Gasteiger partial charge >= 0.3 is 0 Å². The number of para-hydroxylation sites is 3. The maximum absolute atomic E-state index is 6.60. The van der Waals surface area contributed by atoms with Gasteiger partial charge < -0.3 is 18.6 Å². The molecule has 2 atom stereocenters. The molecule has 0 saturated heterocycles. The van der Waals surface area contributed by atoms with Gasteiger partial charge in [0.2, 0.25) is 0 Å². The van der Waals surface area contributed by atoms with Gasteiger partial charge in [0.25, 0.3) is 0 Å². The van der Waals surface area contributed by atoms with Crippen molar-refractivity contribution < 1.29 is 13.3 Å². The van der Waals surface area contributed by atoms with Crippen molar-refractivity contribution in [2.75, 3.05) is 0 Å². The van der Waals surface area contributed by atoms with Gasteiger partial charge in [0, 0.05) is 49.0 Å². The Balaban J connectivity index is 1.05. The third kappa shape index (κ3) is 4.37. The van der Waals surface area contributed by atoms with Crippen LogP contribution in [0.5, 0.6) is 0 Å². The first-order chi connectivity index (χ1) is 25.3. The molecule has 51 heavy (non-hydrogen) atoms. The first-order valence-corrected chi connectivity index (χ1v) is 17.2. The standard InChI is InChI=1S/C45H29N3O3/c1-2-11-26(12-3-1)43-46-44(48-45(47-43)34-18-10-22-38-41(34)32-14-5-7-20-36(32)49-38)27-23-24-33-39(25-27)50-37-21-9-15-29(40(33)37)31-17-8-16-30-28-13-4-6-19-35(28)51-42(30)31/h1-25,44-45,48H,(H,46,47). The SMILES string of the molecule is c1ccc(C2=NC(c3ccc4c(c3)oc3cccc(-c5cccc6c5oc5ccccc56)c34)NC(c3cccc4oc5ccccc5c34)N2)cc1. The summed E-state index contributed by atoms with van der Waals surface area (Å²) in [5.74, 6) is 0.820. The molecular formula is C45H29N3O3. The second-order valence-electron chi connectivity index (χ2n) is 13.1. The van der Waals surface area contributed by atoms with Crippen molar-refractivity contribution in [2.45, 2.75) is 12.3 Å². The van der Waals surface area contributed by atoms with Crippen molar-refractivity contribution >= 4 is 71.7 Å². The van der Waals surface area contributed by atoms with Gasteiger partial charge in [0.15, 0.2) is 0 Å². The van der Waals surface area contributed by atoms with Gasteiger partial charge in [0.1, 0.15) is 51.7 Å². The highest BCUT2D eigenvalue weighted by atomic mass is 16.3. The third-order valence-corrected chi connectivity index (χ3v) is 10.2. The predicted octanol–water partition coefficient (Wildman–Crippen LogP) is 11.4. The number of furan rings is 3. The number of hydrogen-bond acceptors (Lipinski definition) is 6. The predicted molar refractivity (Wildman–Crippen MR) is 205 cm³/mol. The van der Waals surface area contributed by atoms with Crippen LogP contribution in [-0.2, 0) is 0 Å². The molecule has 1 aliphatic rings. The van der Waals surface area contributed by atoms with Crippen LogP contribution in [0.25, 0.3) is 76.9 Å². The zero-order chi connectivity index (χ0) is 33.5. The van der Waals surface area contributed by atoms with E-state index < -0.39 is 0 Å². The largest absolute Gasteiger partial charge is 0.456 e. The Hall–Kier alpha value is -6.63. The van der Waals surface area contributed by atoms with E-state index in [-0.39, 0.29) is 12.3 Å². The van der Waals surface area contributed by atoms with Crippen molar-refractivity contribution in [1.82, 2.24) is 10.6 Å². The number of amidine groups is 1. The number of aliphatic imine (C=N–C) groups is 1. The molecule has 7 aromatic carbocycles. The zero-order valence-electron chi connectivity index (χ0n) is 27.3. The van der Waals surface area contributed by atoms with Gasteiger partial charge in [-0.25, -0.2) is 4.99 Å². The van der Waals surface area contributed by atoms with Crippen LogP contribution in [0.15, 0.2) is 170 Å². The van der Waals surface area contributed by atoms with E-state index in [4.69, 9.17) is 18.2 Å². The summed E-state index contributed by atoms with van der Waals surface area (Å²) >= 11 is 0. The van der Waals surface area contributed by atoms with Gasteiger partial charge in [-0.15, -0.1) is 0 Å². The first-order valence-electron chi connectivity index (χ1n) is 17.2. The van der Waals surface area contributed by atoms with Crippen LogP contribution in [0.1, 0.15) is 29.0 Å². The molecule has 0 bridgehead atoms. The molecule has 0 amide bonds. The molecule has 10 aromatic rings. The fraction of sp³-hybridized carbons (Fsp3) is 0.0444. The molecule has 2 unspecified atom stereocenters. The fourth-order valence-electron chi connectivity index (χ4n) is 7.87. The lowest BCUT2D eigenvalue weighted by atomic mass is 9.97. The molecule has 0 fully saturated rings. The van der Waals surface area contributed by atoms with Crippen molar-refractivity contribution in [3.8, 4) is 11.1 Å². The van der Waals surface area contributed by atoms with E-state index in [0.29, 0.717) is 0 Å². The van der Waals surface area contributed by atoms with Crippen molar-refractivity contribution in [3.63, 3.8) is 0 Å². The molecule has 242 valence electrons. The molecule has 3 aromatic heterocycles. The van der Waals surface area contributed by atoms with Crippen LogP contribution < -0.4 is 10.6 Å². The van der Waals surface area contributed by atoms with Crippen molar-refractivity contribution in [2.24, 2.45) is 4.99 Å². The maximum Gasteiger partial charge on any atom is 0.143 e. The summed E-state index contributed by atoms with van der Waals surface area (Å²) in [7, 11) is 0. The Morgan fingerprint density at radius 3 is 2.00 bits per heavy atom. The second-order valence-corrected chi connectivity index (χ2v) is 13.1.